The fraction of sp³-hybridized carbons (Fsp3) is 0.375. The Morgan fingerprint density at radius 3 is 2.54 bits per heavy atom. The normalized spacial score (nSPS) is 18.3. The van der Waals surface area contributed by atoms with Crippen LogP contribution in [0.2, 0.25) is 0 Å². The zero-order chi connectivity index (χ0) is 17.1. The van der Waals surface area contributed by atoms with Crippen LogP contribution in [0, 0.1) is 0 Å². The van der Waals surface area contributed by atoms with Crippen LogP contribution in [0.25, 0.3) is 5.69 Å². The van der Waals surface area contributed by atoms with E-state index in [9.17, 15) is 9.59 Å². The SMILES string of the molecule is C[C@@H]1CCN(C(=O)O)CCN1C(=O)c1ccccc1-n1nccn1. The van der Waals surface area contributed by atoms with Crippen LogP contribution in [-0.4, -0.2) is 67.6 Å². The first-order valence-electron chi connectivity index (χ1n) is 7.82. The molecule has 1 atom stereocenters. The maximum absolute atomic E-state index is 13.0. The van der Waals surface area contributed by atoms with E-state index in [-0.39, 0.29) is 11.9 Å². The van der Waals surface area contributed by atoms with Crippen molar-refractivity contribution in [1.82, 2.24) is 24.8 Å². The Morgan fingerprint density at radius 2 is 1.83 bits per heavy atom. The van der Waals surface area contributed by atoms with Gasteiger partial charge in [-0.2, -0.15) is 15.0 Å². The van der Waals surface area contributed by atoms with E-state index in [1.807, 2.05) is 13.0 Å². The molecule has 3 rings (SSSR count). The number of hydrogen-bond acceptors (Lipinski definition) is 4. The number of benzene rings is 1. The molecule has 2 aromatic rings. The summed E-state index contributed by atoms with van der Waals surface area (Å²) in [6.07, 6.45) is 2.78. The van der Waals surface area contributed by atoms with Crippen molar-refractivity contribution in [2.24, 2.45) is 0 Å². The second-order valence-electron chi connectivity index (χ2n) is 5.74. The molecule has 0 bridgehead atoms. The van der Waals surface area contributed by atoms with Crippen LogP contribution >= 0.6 is 0 Å². The molecule has 1 aliphatic heterocycles. The van der Waals surface area contributed by atoms with E-state index in [2.05, 4.69) is 10.2 Å². The highest BCUT2D eigenvalue weighted by Crippen LogP contribution is 2.19. The molecule has 1 N–H and O–H groups in total. The number of rotatable bonds is 2. The predicted molar refractivity (Wildman–Crippen MR) is 86.1 cm³/mol. The maximum Gasteiger partial charge on any atom is 0.407 e. The van der Waals surface area contributed by atoms with Gasteiger partial charge in [0.25, 0.3) is 5.91 Å². The highest BCUT2D eigenvalue weighted by molar-refractivity contribution is 5.98. The summed E-state index contributed by atoms with van der Waals surface area (Å²) < 4.78 is 0. The quantitative estimate of drug-likeness (QED) is 0.901. The minimum absolute atomic E-state index is 0.0412. The van der Waals surface area contributed by atoms with E-state index < -0.39 is 6.09 Å². The topological polar surface area (TPSA) is 91.6 Å². The fourth-order valence-corrected chi connectivity index (χ4v) is 2.88. The average molecular weight is 329 g/mol. The van der Waals surface area contributed by atoms with Crippen molar-refractivity contribution in [2.75, 3.05) is 19.6 Å². The van der Waals surface area contributed by atoms with E-state index >= 15 is 0 Å². The predicted octanol–water partition coefficient (Wildman–Crippen LogP) is 1.48. The van der Waals surface area contributed by atoms with Crippen molar-refractivity contribution in [1.29, 1.82) is 0 Å². The van der Waals surface area contributed by atoms with Gasteiger partial charge in [0.1, 0.15) is 0 Å². The summed E-state index contributed by atoms with van der Waals surface area (Å²) in [5.41, 5.74) is 1.11. The third-order valence-electron chi connectivity index (χ3n) is 4.26. The smallest absolute Gasteiger partial charge is 0.407 e. The number of carboxylic acid groups (broad SMARTS) is 1. The lowest BCUT2D eigenvalue weighted by Gasteiger charge is -2.27. The molecule has 2 amide bonds. The third kappa shape index (κ3) is 3.08. The van der Waals surface area contributed by atoms with Gasteiger partial charge in [-0.25, -0.2) is 4.79 Å². The molecule has 0 unspecified atom stereocenters. The largest absolute Gasteiger partial charge is 0.465 e. The Labute approximate surface area is 139 Å². The summed E-state index contributed by atoms with van der Waals surface area (Å²) in [4.78, 5) is 28.7. The van der Waals surface area contributed by atoms with Crippen molar-refractivity contribution < 1.29 is 14.7 Å². The molecule has 126 valence electrons. The van der Waals surface area contributed by atoms with Crippen LogP contribution in [0.3, 0.4) is 0 Å². The van der Waals surface area contributed by atoms with Crippen LogP contribution in [0.4, 0.5) is 4.79 Å². The van der Waals surface area contributed by atoms with Gasteiger partial charge in [0.05, 0.1) is 23.6 Å². The lowest BCUT2D eigenvalue weighted by molar-refractivity contribution is 0.0699. The van der Waals surface area contributed by atoms with Gasteiger partial charge in [-0.15, -0.1) is 0 Å². The first kappa shape index (κ1) is 16.0. The molecular formula is C16H19N5O3. The molecule has 1 aromatic carbocycles. The van der Waals surface area contributed by atoms with E-state index in [0.717, 1.165) is 0 Å². The van der Waals surface area contributed by atoms with Gasteiger partial charge in [-0.05, 0) is 25.5 Å². The van der Waals surface area contributed by atoms with Gasteiger partial charge < -0.3 is 14.9 Å². The molecule has 0 radical (unpaired) electrons. The number of nitrogens with zero attached hydrogens (tertiary/aromatic N) is 5. The second kappa shape index (κ2) is 6.69. The first-order valence-corrected chi connectivity index (χ1v) is 7.82. The third-order valence-corrected chi connectivity index (χ3v) is 4.26. The Bertz CT molecular complexity index is 731. The highest BCUT2D eigenvalue weighted by Gasteiger charge is 2.28. The molecule has 0 spiro atoms. The fourth-order valence-electron chi connectivity index (χ4n) is 2.88. The number of para-hydroxylation sites is 1. The minimum atomic E-state index is -0.947. The molecule has 24 heavy (non-hydrogen) atoms. The molecule has 8 heteroatoms. The second-order valence-corrected chi connectivity index (χ2v) is 5.74. The minimum Gasteiger partial charge on any atom is -0.465 e. The van der Waals surface area contributed by atoms with Gasteiger partial charge in [0, 0.05) is 25.7 Å². The van der Waals surface area contributed by atoms with Gasteiger partial charge in [-0.3, -0.25) is 4.79 Å². The summed E-state index contributed by atoms with van der Waals surface area (Å²) in [5, 5.41) is 17.4. The molecule has 1 aliphatic rings. The van der Waals surface area contributed by atoms with Gasteiger partial charge in [-0.1, -0.05) is 12.1 Å². The zero-order valence-electron chi connectivity index (χ0n) is 13.4. The van der Waals surface area contributed by atoms with Crippen molar-refractivity contribution in [2.45, 2.75) is 19.4 Å². The average Bonchev–Trinajstić information content (AvgIpc) is 3.04. The number of carbonyl (C=O) groups excluding carboxylic acids is 1. The van der Waals surface area contributed by atoms with Crippen molar-refractivity contribution in [3.05, 3.63) is 42.2 Å². The lowest BCUT2D eigenvalue weighted by atomic mass is 10.1. The Morgan fingerprint density at radius 1 is 1.12 bits per heavy atom. The van der Waals surface area contributed by atoms with Crippen LogP contribution in [-0.2, 0) is 0 Å². The molecule has 1 aromatic heterocycles. The lowest BCUT2D eigenvalue weighted by Crippen LogP contribution is -2.40. The van der Waals surface area contributed by atoms with E-state index in [1.165, 1.54) is 9.70 Å². The molecule has 0 saturated carbocycles. The Hall–Kier alpha value is -2.90. The monoisotopic (exact) mass is 329 g/mol. The van der Waals surface area contributed by atoms with Gasteiger partial charge >= 0.3 is 6.09 Å². The number of carbonyl (C=O) groups is 2. The van der Waals surface area contributed by atoms with Gasteiger partial charge in [0.2, 0.25) is 0 Å². The van der Waals surface area contributed by atoms with E-state index in [1.54, 1.807) is 35.5 Å². The summed E-state index contributed by atoms with van der Waals surface area (Å²) in [5.74, 6) is -0.136. The summed E-state index contributed by atoms with van der Waals surface area (Å²) in [6.45, 7) is 3.06. The molecule has 8 nitrogen and oxygen atoms in total. The number of aromatic nitrogens is 3. The number of hydrogen-bond donors (Lipinski definition) is 1. The molecular weight excluding hydrogens is 310 g/mol. The van der Waals surface area contributed by atoms with Crippen LogP contribution in [0.5, 0.6) is 0 Å². The standard InChI is InChI=1S/C16H19N5O3/c1-12-6-9-19(16(23)24)10-11-20(12)15(22)13-4-2-3-5-14(13)21-17-7-8-18-21/h2-5,7-8,12H,6,9-11H2,1H3,(H,23,24)/t12-/m1/s1. The molecule has 1 saturated heterocycles. The van der Waals surface area contributed by atoms with Gasteiger partial charge in [0.15, 0.2) is 0 Å². The van der Waals surface area contributed by atoms with Crippen LogP contribution < -0.4 is 0 Å². The number of amides is 2. The first-order chi connectivity index (χ1) is 11.6. The van der Waals surface area contributed by atoms with Crippen molar-refractivity contribution in [3.63, 3.8) is 0 Å². The summed E-state index contributed by atoms with van der Waals surface area (Å²) in [6, 6.07) is 7.12. The zero-order valence-corrected chi connectivity index (χ0v) is 13.4. The van der Waals surface area contributed by atoms with Crippen LogP contribution in [0.1, 0.15) is 23.7 Å². The molecule has 2 heterocycles. The highest BCUT2D eigenvalue weighted by atomic mass is 16.4. The maximum atomic E-state index is 13.0. The summed E-state index contributed by atoms with van der Waals surface area (Å²) in [7, 11) is 0. The van der Waals surface area contributed by atoms with Crippen molar-refractivity contribution >= 4 is 12.0 Å². The Balaban J connectivity index is 1.88. The molecule has 1 fully saturated rings. The summed E-state index contributed by atoms with van der Waals surface area (Å²) >= 11 is 0. The Kier molecular flexibility index (Phi) is 4.45. The van der Waals surface area contributed by atoms with Crippen LogP contribution in [0.15, 0.2) is 36.7 Å². The van der Waals surface area contributed by atoms with E-state index in [0.29, 0.717) is 37.3 Å². The van der Waals surface area contributed by atoms with E-state index in [4.69, 9.17) is 5.11 Å². The molecule has 0 aliphatic carbocycles. The van der Waals surface area contributed by atoms with Crippen molar-refractivity contribution in [3.8, 4) is 5.69 Å².